The average Bonchev–Trinajstić information content (AvgIpc) is 3.14. The summed E-state index contributed by atoms with van der Waals surface area (Å²) in [4.78, 5) is 23.5. The molecule has 2 aliphatic carbocycles. The van der Waals surface area contributed by atoms with E-state index in [0.717, 1.165) is 37.1 Å². The number of nitrogens with one attached hydrogen (secondary N) is 1. The number of hydrogen-bond donors (Lipinski definition) is 1. The molecule has 7 nitrogen and oxygen atoms in total. The van der Waals surface area contributed by atoms with Crippen molar-refractivity contribution in [2.24, 2.45) is 0 Å². The van der Waals surface area contributed by atoms with Gasteiger partial charge in [0.05, 0.1) is 0 Å². The third-order valence-corrected chi connectivity index (χ3v) is 5.94. The molecule has 0 radical (unpaired) electrons. The normalized spacial score (nSPS) is 17.9. The van der Waals surface area contributed by atoms with Gasteiger partial charge in [0, 0.05) is 43.9 Å². The summed E-state index contributed by atoms with van der Waals surface area (Å²) in [5.41, 5.74) is 1.11. The van der Waals surface area contributed by atoms with E-state index >= 15 is 0 Å². The molecule has 0 atom stereocenters. The van der Waals surface area contributed by atoms with E-state index in [4.69, 9.17) is 4.52 Å². The summed E-state index contributed by atoms with van der Waals surface area (Å²) in [5.74, 6) is 1.88. The Morgan fingerprint density at radius 1 is 1.11 bits per heavy atom. The van der Waals surface area contributed by atoms with E-state index in [1.54, 1.807) is 12.4 Å². The Morgan fingerprint density at radius 2 is 1.89 bits per heavy atom. The quantitative estimate of drug-likeness (QED) is 0.786. The first-order valence-electron chi connectivity index (χ1n) is 10.6. The molecule has 2 aromatic heterocycles. The Kier molecular flexibility index (Phi) is 6.19. The maximum atomic E-state index is 12.9. The fourth-order valence-corrected chi connectivity index (χ4v) is 4.02. The topological polar surface area (TPSA) is 84.2 Å². The lowest BCUT2D eigenvalue weighted by atomic mass is 9.85. The van der Waals surface area contributed by atoms with Gasteiger partial charge in [-0.1, -0.05) is 30.8 Å². The van der Waals surface area contributed by atoms with Crippen molar-refractivity contribution in [2.45, 2.75) is 76.3 Å². The second-order valence-electron chi connectivity index (χ2n) is 7.93. The summed E-state index contributed by atoms with van der Waals surface area (Å²) in [6.07, 6.45) is 13.5. The highest BCUT2D eigenvalue weighted by Crippen LogP contribution is 2.35. The van der Waals surface area contributed by atoms with Crippen molar-refractivity contribution >= 4 is 6.03 Å². The van der Waals surface area contributed by atoms with Gasteiger partial charge in [0.2, 0.25) is 5.89 Å². The number of rotatable bonds is 7. The third-order valence-electron chi connectivity index (χ3n) is 5.94. The smallest absolute Gasteiger partial charge is 0.317 e. The monoisotopic (exact) mass is 383 g/mol. The summed E-state index contributed by atoms with van der Waals surface area (Å²) in [6, 6.07) is 4.25. The van der Waals surface area contributed by atoms with Crippen molar-refractivity contribution in [1.29, 1.82) is 0 Å². The first kappa shape index (κ1) is 18.9. The highest BCUT2D eigenvalue weighted by molar-refractivity contribution is 5.74. The van der Waals surface area contributed by atoms with Crippen LogP contribution in [0, 0.1) is 0 Å². The number of aromatic nitrogens is 3. The molecule has 0 spiro atoms. The van der Waals surface area contributed by atoms with Crippen molar-refractivity contribution in [2.75, 3.05) is 6.54 Å². The predicted molar refractivity (Wildman–Crippen MR) is 105 cm³/mol. The molecule has 0 saturated heterocycles. The Balaban J connectivity index is 1.32. The maximum absolute atomic E-state index is 12.9. The minimum Gasteiger partial charge on any atom is -0.339 e. The molecule has 0 unspecified atom stereocenters. The second kappa shape index (κ2) is 9.17. The zero-order chi connectivity index (χ0) is 19.2. The fraction of sp³-hybridized carbons (Fsp3) is 0.619. The van der Waals surface area contributed by atoms with Crippen LogP contribution in [0.2, 0.25) is 0 Å². The highest BCUT2D eigenvalue weighted by Gasteiger charge is 2.27. The molecular formula is C21H29N5O2. The Hall–Kier alpha value is -2.44. The molecule has 2 aliphatic rings. The van der Waals surface area contributed by atoms with E-state index in [2.05, 4.69) is 20.4 Å². The summed E-state index contributed by atoms with van der Waals surface area (Å²) in [7, 11) is 0. The zero-order valence-electron chi connectivity index (χ0n) is 16.3. The molecule has 0 aromatic carbocycles. The van der Waals surface area contributed by atoms with Gasteiger partial charge in [-0.05, 0) is 43.4 Å². The van der Waals surface area contributed by atoms with Crippen LogP contribution in [-0.4, -0.2) is 38.6 Å². The predicted octanol–water partition coefficient (Wildman–Crippen LogP) is 3.82. The number of amides is 2. The van der Waals surface area contributed by atoms with Crippen molar-refractivity contribution < 1.29 is 9.32 Å². The maximum Gasteiger partial charge on any atom is 0.317 e. The standard InChI is InChI=1S/C21H29N5O2/c27-21(23-14-11-19-24-20(28-25-19)17-5-4-6-17)26(18-7-2-1-3-8-18)15-16-9-12-22-13-10-16/h9-10,12-13,17-18H,1-8,11,14-15H2,(H,23,27). The molecule has 0 aliphatic heterocycles. The van der Waals surface area contributed by atoms with Crippen LogP contribution >= 0.6 is 0 Å². The van der Waals surface area contributed by atoms with Gasteiger partial charge < -0.3 is 14.7 Å². The lowest BCUT2D eigenvalue weighted by molar-refractivity contribution is 0.151. The molecule has 0 bridgehead atoms. The van der Waals surface area contributed by atoms with Crippen LogP contribution < -0.4 is 5.32 Å². The molecule has 4 rings (SSSR count). The van der Waals surface area contributed by atoms with Crippen LogP contribution in [0.4, 0.5) is 4.79 Å². The molecule has 2 saturated carbocycles. The summed E-state index contributed by atoms with van der Waals surface area (Å²) in [5, 5.41) is 7.13. The van der Waals surface area contributed by atoms with E-state index < -0.39 is 0 Å². The highest BCUT2D eigenvalue weighted by atomic mass is 16.5. The molecule has 2 fully saturated rings. The largest absolute Gasteiger partial charge is 0.339 e. The Labute approximate surface area is 165 Å². The first-order chi connectivity index (χ1) is 13.8. The number of carbonyl (C=O) groups excluding carboxylic acids is 1. The Morgan fingerprint density at radius 3 is 2.61 bits per heavy atom. The number of nitrogens with zero attached hydrogens (tertiary/aromatic N) is 4. The number of carbonyl (C=O) groups is 1. The van der Waals surface area contributed by atoms with E-state index in [9.17, 15) is 4.79 Å². The van der Waals surface area contributed by atoms with E-state index in [-0.39, 0.29) is 6.03 Å². The van der Waals surface area contributed by atoms with Crippen LogP contribution in [0.5, 0.6) is 0 Å². The first-order valence-corrected chi connectivity index (χ1v) is 10.6. The van der Waals surface area contributed by atoms with Crippen LogP contribution in [-0.2, 0) is 13.0 Å². The van der Waals surface area contributed by atoms with Gasteiger partial charge in [-0.3, -0.25) is 4.98 Å². The van der Waals surface area contributed by atoms with E-state index in [0.29, 0.717) is 37.3 Å². The van der Waals surface area contributed by atoms with Gasteiger partial charge in [-0.15, -0.1) is 0 Å². The lowest BCUT2D eigenvalue weighted by Crippen LogP contribution is -2.47. The van der Waals surface area contributed by atoms with E-state index in [1.165, 1.54) is 25.7 Å². The van der Waals surface area contributed by atoms with Crippen LogP contribution in [0.1, 0.15) is 74.6 Å². The lowest BCUT2D eigenvalue weighted by Gasteiger charge is -2.34. The van der Waals surface area contributed by atoms with Crippen LogP contribution in [0.25, 0.3) is 0 Å². The molecule has 28 heavy (non-hydrogen) atoms. The number of pyridine rings is 1. The Bertz CT molecular complexity index is 753. The van der Waals surface area contributed by atoms with Crippen molar-refractivity contribution in [3.05, 3.63) is 41.8 Å². The van der Waals surface area contributed by atoms with Gasteiger partial charge in [-0.25, -0.2) is 4.79 Å². The molecule has 1 N–H and O–H groups in total. The van der Waals surface area contributed by atoms with Gasteiger partial charge in [-0.2, -0.15) is 4.98 Å². The summed E-state index contributed by atoms with van der Waals surface area (Å²) in [6.45, 7) is 1.13. The van der Waals surface area contributed by atoms with E-state index in [1.807, 2.05) is 17.0 Å². The van der Waals surface area contributed by atoms with Crippen molar-refractivity contribution in [1.82, 2.24) is 25.3 Å². The van der Waals surface area contributed by atoms with Crippen molar-refractivity contribution in [3.8, 4) is 0 Å². The molecule has 2 aromatic rings. The molecule has 150 valence electrons. The summed E-state index contributed by atoms with van der Waals surface area (Å²) < 4.78 is 5.36. The fourth-order valence-electron chi connectivity index (χ4n) is 4.02. The third kappa shape index (κ3) is 4.69. The molecular weight excluding hydrogens is 354 g/mol. The van der Waals surface area contributed by atoms with Gasteiger partial charge in [0.25, 0.3) is 0 Å². The SMILES string of the molecule is O=C(NCCc1noc(C2CCC2)n1)N(Cc1ccncc1)C1CCCCC1. The van der Waals surface area contributed by atoms with Crippen LogP contribution in [0.3, 0.4) is 0 Å². The number of urea groups is 1. The molecule has 2 amide bonds. The van der Waals surface area contributed by atoms with Crippen molar-refractivity contribution in [3.63, 3.8) is 0 Å². The zero-order valence-corrected chi connectivity index (χ0v) is 16.3. The molecule has 2 heterocycles. The van der Waals surface area contributed by atoms with Gasteiger partial charge >= 0.3 is 6.03 Å². The molecule has 7 heteroatoms. The number of hydrogen-bond acceptors (Lipinski definition) is 5. The van der Waals surface area contributed by atoms with Gasteiger partial charge in [0.1, 0.15) is 0 Å². The minimum atomic E-state index is -0.00794. The average molecular weight is 383 g/mol. The minimum absolute atomic E-state index is 0.00794. The summed E-state index contributed by atoms with van der Waals surface area (Å²) >= 11 is 0. The second-order valence-corrected chi connectivity index (χ2v) is 7.93. The van der Waals surface area contributed by atoms with Crippen LogP contribution in [0.15, 0.2) is 29.0 Å². The van der Waals surface area contributed by atoms with Gasteiger partial charge in [0.15, 0.2) is 5.82 Å².